The first-order valence-corrected chi connectivity index (χ1v) is 8.19. The molecule has 124 valence electrons. The van der Waals surface area contributed by atoms with Crippen LogP contribution < -0.4 is 5.32 Å². The first-order valence-electron chi connectivity index (χ1n) is 8.19. The molecule has 2 atom stereocenters. The molecule has 0 aliphatic rings. The van der Waals surface area contributed by atoms with Crippen molar-refractivity contribution in [3.63, 3.8) is 0 Å². The first-order chi connectivity index (χ1) is 9.99. The van der Waals surface area contributed by atoms with Gasteiger partial charge in [-0.25, -0.2) is 4.79 Å². The zero-order valence-electron chi connectivity index (χ0n) is 13.4. The van der Waals surface area contributed by atoms with Crippen LogP contribution in [-0.2, 0) is 9.59 Å². The van der Waals surface area contributed by atoms with Gasteiger partial charge in [0.1, 0.15) is 0 Å². The van der Waals surface area contributed by atoms with Crippen molar-refractivity contribution in [2.45, 2.75) is 90.2 Å². The van der Waals surface area contributed by atoms with E-state index in [4.69, 9.17) is 5.11 Å². The summed E-state index contributed by atoms with van der Waals surface area (Å²) >= 11 is 0. The van der Waals surface area contributed by atoms with Crippen molar-refractivity contribution in [3.05, 3.63) is 0 Å². The monoisotopic (exact) mass is 301 g/mol. The quantitative estimate of drug-likeness (QED) is 0.457. The Morgan fingerprint density at radius 1 is 0.952 bits per heavy atom. The highest BCUT2D eigenvalue weighted by atomic mass is 16.4. The number of rotatable bonds is 13. The lowest BCUT2D eigenvalue weighted by Gasteiger charge is -2.16. The van der Waals surface area contributed by atoms with Crippen LogP contribution in [0.25, 0.3) is 0 Å². The van der Waals surface area contributed by atoms with Gasteiger partial charge in [-0.2, -0.15) is 0 Å². The van der Waals surface area contributed by atoms with Crippen LogP contribution in [0.2, 0.25) is 0 Å². The van der Waals surface area contributed by atoms with Gasteiger partial charge in [0.2, 0.25) is 5.91 Å². The number of aliphatic carboxylic acids is 1. The van der Waals surface area contributed by atoms with Crippen molar-refractivity contribution in [2.24, 2.45) is 0 Å². The van der Waals surface area contributed by atoms with Crippen molar-refractivity contribution < 1.29 is 19.8 Å². The van der Waals surface area contributed by atoms with Crippen molar-refractivity contribution in [1.82, 2.24) is 5.32 Å². The minimum absolute atomic E-state index is 0.300. The minimum Gasteiger partial charge on any atom is -0.480 e. The van der Waals surface area contributed by atoms with Crippen molar-refractivity contribution in [1.29, 1.82) is 0 Å². The third-order valence-corrected chi connectivity index (χ3v) is 3.57. The van der Waals surface area contributed by atoms with Gasteiger partial charge in [-0.3, -0.25) is 4.79 Å². The number of carboxylic acid groups (broad SMARTS) is 1. The standard InChI is InChI=1S/C16H31NO4/c1-3-4-5-6-7-8-9-10-11-12-14(19)17-15(13(2)18)16(20)21/h13,15,18H,3-12H2,1-2H3,(H,17,19)(H,20,21)/t13-,15+/m0/s1. The Labute approximate surface area is 128 Å². The Kier molecular flexibility index (Phi) is 12.0. The molecule has 3 N–H and O–H groups in total. The zero-order valence-corrected chi connectivity index (χ0v) is 13.4. The van der Waals surface area contributed by atoms with Gasteiger partial charge >= 0.3 is 5.97 Å². The molecular weight excluding hydrogens is 270 g/mol. The Morgan fingerprint density at radius 3 is 1.86 bits per heavy atom. The summed E-state index contributed by atoms with van der Waals surface area (Å²) in [6.07, 6.45) is 9.77. The summed E-state index contributed by atoms with van der Waals surface area (Å²) in [7, 11) is 0. The highest BCUT2D eigenvalue weighted by Gasteiger charge is 2.24. The summed E-state index contributed by atoms with van der Waals surface area (Å²) < 4.78 is 0. The second-order valence-corrected chi connectivity index (χ2v) is 5.70. The number of carboxylic acids is 1. The van der Waals surface area contributed by atoms with E-state index in [1.54, 1.807) is 0 Å². The highest BCUT2D eigenvalue weighted by molar-refractivity contribution is 5.83. The predicted octanol–water partition coefficient (Wildman–Crippen LogP) is 2.86. The fourth-order valence-corrected chi connectivity index (χ4v) is 2.23. The number of amides is 1. The Balaban J connectivity index is 3.55. The molecule has 5 nitrogen and oxygen atoms in total. The largest absolute Gasteiger partial charge is 0.480 e. The molecule has 0 aromatic rings. The smallest absolute Gasteiger partial charge is 0.328 e. The third kappa shape index (κ3) is 11.3. The molecule has 0 heterocycles. The summed E-state index contributed by atoms with van der Waals surface area (Å²) in [5, 5.41) is 20.5. The van der Waals surface area contributed by atoms with Gasteiger partial charge in [0.15, 0.2) is 6.04 Å². The van der Waals surface area contributed by atoms with Crippen LogP contribution in [0.4, 0.5) is 0 Å². The first kappa shape index (κ1) is 19.9. The molecule has 0 aromatic heterocycles. The van der Waals surface area contributed by atoms with Gasteiger partial charge in [0.05, 0.1) is 6.10 Å². The topological polar surface area (TPSA) is 86.6 Å². The fourth-order valence-electron chi connectivity index (χ4n) is 2.23. The molecule has 0 spiro atoms. The molecule has 5 heteroatoms. The minimum atomic E-state index is -1.21. The number of carbonyl (C=O) groups is 2. The third-order valence-electron chi connectivity index (χ3n) is 3.57. The molecule has 1 amide bonds. The SMILES string of the molecule is CCCCCCCCCCCC(=O)N[C@@H](C(=O)O)[C@H](C)O. The lowest BCUT2D eigenvalue weighted by molar-refractivity contribution is -0.144. The predicted molar refractivity (Wildman–Crippen MR) is 83.1 cm³/mol. The molecule has 0 bridgehead atoms. The summed E-state index contributed by atoms with van der Waals surface area (Å²) in [6, 6.07) is -1.21. The maximum atomic E-state index is 11.6. The molecule has 0 aliphatic heterocycles. The van der Waals surface area contributed by atoms with E-state index in [1.165, 1.54) is 45.4 Å². The van der Waals surface area contributed by atoms with E-state index in [0.29, 0.717) is 6.42 Å². The number of hydrogen-bond donors (Lipinski definition) is 3. The number of aliphatic hydroxyl groups excluding tert-OH is 1. The second kappa shape index (κ2) is 12.6. The van der Waals surface area contributed by atoms with E-state index >= 15 is 0 Å². The van der Waals surface area contributed by atoms with Crippen molar-refractivity contribution in [2.75, 3.05) is 0 Å². The van der Waals surface area contributed by atoms with E-state index in [9.17, 15) is 14.7 Å². The average molecular weight is 301 g/mol. The number of aliphatic hydroxyl groups is 1. The normalized spacial score (nSPS) is 13.7. The van der Waals surface area contributed by atoms with Gasteiger partial charge < -0.3 is 15.5 Å². The highest BCUT2D eigenvalue weighted by Crippen LogP contribution is 2.10. The number of unbranched alkanes of at least 4 members (excludes halogenated alkanes) is 8. The zero-order chi connectivity index (χ0) is 16.1. The molecule has 0 radical (unpaired) electrons. The second-order valence-electron chi connectivity index (χ2n) is 5.70. The molecule has 0 saturated heterocycles. The van der Waals surface area contributed by atoms with Crippen LogP contribution in [0.15, 0.2) is 0 Å². The number of hydrogen-bond acceptors (Lipinski definition) is 3. The Hall–Kier alpha value is -1.10. The Bertz CT molecular complexity index is 292. The number of carbonyl (C=O) groups excluding carboxylic acids is 1. The average Bonchev–Trinajstić information content (AvgIpc) is 2.42. The van der Waals surface area contributed by atoms with Crippen LogP contribution in [0.5, 0.6) is 0 Å². The van der Waals surface area contributed by atoms with Crippen LogP contribution >= 0.6 is 0 Å². The van der Waals surface area contributed by atoms with Crippen molar-refractivity contribution >= 4 is 11.9 Å². The maximum absolute atomic E-state index is 11.6. The van der Waals surface area contributed by atoms with Crippen LogP contribution in [0.1, 0.15) is 78.1 Å². The van der Waals surface area contributed by atoms with Gasteiger partial charge in [0.25, 0.3) is 0 Å². The summed E-state index contributed by atoms with van der Waals surface area (Å²) in [5.74, 6) is -1.50. The summed E-state index contributed by atoms with van der Waals surface area (Å²) in [5.41, 5.74) is 0. The van der Waals surface area contributed by atoms with E-state index < -0.39 is 18.1 Å². The fraction of sp³-hybridized carbons (Fsp3) is 0.875. The van der Waals surface area contributed by atoms with Crippen LogP contribution in [-0.4, -0.2) is 34.2 Å². The molecule has 0 fully saturated rings. The lowest BCUT2D eigenvalue weighted by atomic mass is 10.1. The van der Waals surface area contributed by atoms with Gasteiger partial charge in [-0.1, -0.05) is 58.3 Å². The molecule has 0 unspecified atom stereocenters. The van der Waals surface area contributed by atoms with E-state index in [2.05, 4.69) is 12.2 Å². The maximum Gasteiger partial charge on any atom is 0.328 e. The van der Waals surface area contributed by atoms with Gasteiger partial charge in [0, 0.05) is 6.42 Å². The molecule has 0 saturated carbocycles. The van der Waals surface area contributed by atoms with E-state index in [-0.39, 0.29) is 5.91 Å². The molecular formula is C16H31NO4. The van der Waals surface area contributed by atoms with Gasteiger partial charge in [-0.15, -0.1) is 0 Å². The van der Waals surface area contributed by atoms with Crippen LogP contribution in [0, 0.1) is 0 Å². The Morgan fingerprint density at radius 2 is 1.43 bits per heavy atom. The van der Waals surface area contributed by atoms with Crippen molar-refractivity contribution in [3.8, 4) is 0 Å². The van der Waals surface area contributed by atoms with Gasteiger partial charge in [-0.05, 0) is 13.3 Å². The lowest BCUT2D eigenvalue weighted by Crippen LogP contribution is -2.47. The molecule has 0 rings (SSSR count). The molecule has 0 aromatic carbocycles. The summed E-state index contributed by atoms with van der Waals surface area (Å²) in [6.45, 7) is 3.56. The van der Waals surface area contributed by atoms with E-state index in [0.717, 1.165) is 19.3 Å². The number of nitrogens with one attached hydrogen (secondary N) is 1. The molecule has 21 heavy (non-hydrogen) atoms. The molecule has 0 aliphatic carbocycles. The van der Waals surface area contributed by atoms with E-state index in [1.807, 2.05) is 0 Å². The summed E-state index contributed by atoms with van der Waals surface area (Å²) in [4.78, 5) is 22.4. The van der Waals surface area contributed by atoms with Crippen LogP contribution in [0.3, 0.4) is 0 Å².